The average Bonchev–Trinajstić information content (AvgIpc) is 3.34. The van der Waals surface area contributed by atoms with E-state index in [4.69, 9.17) is 14.5 Å². The monoisotopic (exact) mass is 437 g/mol. The van der Waals surface area contributed by atoms with Crippen LogP contribution in [0.25, 0.3) is 10.2 Å². The van der Waals surface area contributed by atoms with Crippen LogP contribution in [0.3, 0.4) is 0 Å². The van der Waals surface area contributed by atoms with Gasteiger partial charge in [-0.05, 0) is 51.1 Å². The zero-order valence-electron chi connectivity index (χ0n) is 17.9. The van der Waals surface area contributed by atoms with Gasteiger partial charge in [0.1, 0.15) is 5.01 Å². The minimum absolute atomic E-state index is 0.0473. The van der Waals surface area contributed by atoms with Crippen LogP contribution in [0, 0.1) is 0 Å². The standard InChI is InChI=1S/C24H27N3O3S/c1-16(23-26-18-8-4-5-9-21(18)31-23)27(2)15-22(28)25-17-10-11-19-20(14-17)30-24(29-19)12-6-3-7-13-24/h4-5,8-11,14,16H,3,6-7,12-13,15H2,1-2H3,(H,25,28). The Hall–Kier alpha value is -2.64. The lowest BCUT2D eigenvalue weighted by molar-refractivity contribution is -0.117. The van der Waals surface area contributed by atoms with Crippen LogP contribution < -0.4 is 14.8 Å². The zero-order valence-corrected chi connectivity index (χ0v) is 18.7. The van der Waals surface area contributed by atoms with E-state index in [-0.39, 0.29) is 18.5 Å². The Morgan fingerprint density at radius 2 is 1.94 bits per heavy atom. The molecule has 0 bridgehead atoms. The molecule has 162 valence electrons. The maximum Gasteiger partial charge on any atom is 0.251 e. The van der Waals surface area contributed by atoms with E-state index in [1.807, 2.05) is 48.3 Å². The van der Waals surface area contributed by atoms with Gasteiger partial charge in [-0.15, -0.1) is 11.3 Å². The molecular formula is C24H27N3O3S. The smallest absolute Gasteiger partial charge is 0.251 e. The highest BCUT2D eigenvalue weighted by atomic mass is 32.1. The van der Waals surface area contributed by atoms with Crippen molar-refractivity contribution in [3.8, 4) is 11.5 Å². The molecule has 7 heteroatoms. The van der Waals surface area contributed by atoms with Crippen molar-refractivity contribution in [1.82, 2.24) is 9.88 Å². The fourth-order valence-corrected chi connectivity index (χ4v) is 5.37. The van der Waals surface area contributed by atoms with Crippen LogP contribution >= 0.6 is 11.3 Å². The summed E-state index contributed by atoms with van der Waals surface area (Å²) in [6.45, 7) is 2.35. The van der Waals surface area contributed by atoms with E-state index in [1.54, 1.807) is 11.3 Å². The summed E-state index contributed by atoms with van der Waals surface area (Å²) in [5.41, 5.74) is 1.73. The third-order valence-corrected chi connectivity index (χ3v) is 7.36. The summed E-state index contributed by atoms with van der Waals surface area (Å²) in [7, 11) is 1.95. The summed E-state index contributed by atoms with van der Waals surface area (Å²) in [6, 6.07) is 13.8. The minimum atomic E-state index is -0.504. The highest BCUT2D eigenvalue weighted by molar-refractivity contribution is 7.18. The van der Waals surface area contributed by atoms with Crippen molar-refractivity contribution in [2.75, 3.05) is 18.9 Å². The van der Waals surface area contributed by atoms with Gasteiger partial charge in [0.15, 0.2) is 11.5 Å². The SMILES string of the molecule is CC(c1nc2ccccc2s1)N(C)CC(=O)Nc1ccc2c(c1)OC1(CCCCC1)O2. The van der Waals surface area contributed by atoms with Gasteiger partial charge in [0.25, 0.3) is 5.79 Å². The molecule has 1 unspecified atom stereocenters. The number of hydrogen-bond donors (Lipinski definition) is 1. The number of rotatable bonds is 5. The Balaban J connectivity index is 1.21. The Morgan fingerprint density at radius 1 is 1.16 bits per heavy atom. The number of carbonyl (C=O) groups is 1. The van der Waals surface area contributed by atoms with Crippen molar-refractivity contribution in [3.05, 3.63) is 47.5 Å². The second kappa shape index (κ2) is 8.13. The van der Waals surface area contributed by atoms with Gasteiger partial charge in [0.05, 0.1) is 22.8 Å². The molecule has 0 radical (unpaired) electrons. The van der Waals surface area contributed by atoms with Crippen molar-refractivity contribution >= 4 is 33.1 Å². The van der Waals surface area contributed by atoms with E-state index in [2.05, 4.69) is 18.3 Å². The van der Waals surface area contributed by atoms with Crippen molar-refractivity contribution in [3.63, 3.8) is 0 Å². The molecule has 2 aliphatic rings. The Bertz CT molecular complexity index is 1070. The molecule has 1 spiro atoms. The Labute approximate surface area is 186 Å². The molecule has 1 N–H and O–H groups in total. The molecule has 1 fully saturated rings. The number of nitrogens with zero attached hydrogens (tertiary/aromatic N) is 2. The minimum Gasteiger partial charge on any atom is -0.448 e. The second-order valence-corrected chi connectivity index (χ2v) is 9.56. The molecule has 31 heavy (non-hydrogen) atoms. The van der Waals surface area contributed by atoms with Crippen LogP contribution in [-0.4, -0.2) is 35.2 Å². The first kappa shape index (κ1) is 20.3. The first-order valence-corrected chi connectivity index (χ1v) is 11.7. The third-order valence-electron chi connectivity index (χ3n) is 6.16. The Morgan fingerprint density at radius 3 is 2.74 bits per heavy atom. The first-order valence-electron chi connectivity index (χ1n) is 10.9. The number of ether oxygens (including phenoxy) is 2. The van der Waals surface area contributed by atoms with Gasteiger partial charge in [-0.25, -0.2) is 4.98 Å². The maximum absolute atomic E-state index is 12.7. The maximum atomic E-state index is 12.7. The molecule has 2 aromatic carbocycles. The molecule has 1 atom stereocenters. The fraction of sp³-hybridized carbons (Fsp3) is 0.417. The number of fused-ring (bicyclic) bond motifs is 2. The van der Waals surface area contributed by atoms with E-state index in [0.29, 0.717) is 0 Å². The number of likely N-dealkylation sites (N-methyl/N-ethyl adjacent to an activating group) is 1. The number of anilines is 1. The quantitative estimate of drug-likeness (QED) is 0.582. The summed E-state index contributed by atoms with van der Waals surface area (Å²) in [5, 5.41) is 4.01. The van der Waals surface area contributed by atoms with E-state index >= 15 is 0 Å². The number of thiazole rings is 1. The lowest BCUT2D eigenvalue weighted by Gasteiger charge is -2.31. The molecular weight excluding hydrogens is 410 g/mol. The molecule has 1 amide bonds. The summed E-state index contributed by atoms with van der Waals surface area (Å²) < 4.78 is 13.5. The lowest BCUT2D eigenvalue weighted by atomic mass is 9.94. The van der Waals surface area contributed by atoms with E-state index in [9.17, 15) is 4.79 Å². The van der Waals surface area contributed by atoms with Gasteiger partial charge in [-0.2, -0.15) is 0 Å². The number of carbonyl (C=O) groups excluding carboxylic acids is 1. The first-order chi connectivity index (χ1) is 15.0. The van der Waals surface area contributed by atoms with E-state index in [0.717, 1.165) is 53.4 Å². The predicted octanol–water partition coefficient (Wildman–Crippen LogP) is 5.36. The number of para-hydroxylation sites is 1. The van der Waals surface area contributed by atoms with Crippen molar-refractivity contribution in [1.29, 1.82) is 0 Å². The van der Waals surface area contributed by atoms with E-state index in [1.165, 1.54) is 11.1 Å². The van der Waals surface area contributed by atoms with Gasteiger partial charge in [-0.1, -0.05) is 18.6 Å². The van der Waals surface area contributed by atoms with Crippen LogP contribution in [0.4, 0.5) is 5.69 Å². The fourth-order valence-electron chi connectivity index (χ4n) is 4.29. The van der Waals surface area contributed by atoms with Gasteiger partial charge >= 0.3 is 0 Å². The molecule has 0 saturated heterocycles. The Kier molecular flexibility index (Phi) is 5.32. The van der Waals surface area contributed by atoms with E-state index < -0.39 is 5.79 Å². The van der Waals surface area contributed by atoms with Crippen LogP contribution in [0.5, 0.6) is 11.5 Å². The normalized spacial score (nSPS) is 17.9. The molecule has 1 saturated carbocycles. The number of aromatic nitrogens is 1. The number of amides is 1. The van der Waals surface area contributed by atoms with Crippen molar-refractivity contribution in [2.45, 2.75) is 50.9 Å². The van der Waals surface area contributed by atoms with Crippen LogP contribution in [-0.2, 0) is 4.79 Å². The molecule has 1 aromatic heterocycles. The summed E-state index contributed by atoms with van der Waals surface area (Å²) >= 11 is 1.67. The molecule has 5 rings (SSSR count). The molecule has 2 heterocycles. The highest BCUT2D eigenvalue weighted by Crippen LogP contribution is 2.46. The number of benzene rings is 2. The predicted molar refractivity (Wildman–Crippen MR) is 123 cm³/mol. The zero-order chi connectivity index (χ0) is 21.4. The lowest BCUT2D eigenvalue weighted by Crippen LogP contribution is -2.40. The molecule has 1 aliphatic carbocycles. The molecule has 1 aliphatic heterocycles. The summed E-state index contributed by atoms with van der Waals surface area (Å²) in [4.78, 5) is 19.4. The van der Waals surface area contributed by atoms with Gasteiger partial charge in [-0.3, -0.25) is 9.69 Å². The molecule has 3 aromatic rings. The van der Waals surface area contributed by atoms with Crippen LogP contribution in [0.2, 0.25) is 0 Å². The number of nitrogens with one attached hydrogen (secondary N) is 1. The second-order valence-electron chi connectivity index (χ2n) is 8.50. The summed E-state index contributed by atoms with van der Waals surface area (Å²) in [5.74, 6) is 0.912. The van der Waals surface area contributed by atoms with Gasteiger partial charge in [0.2, 0.25) is 5.91 Å². The highest BCUT2D eigenvalue weighted by Gasteiger charge is 2.42. The topological polar surface area (TPSA) is 63.7 Å². The van der Waals surface area contributed by atoms with Gasteiger partial charge < -0.3 is 14.8 Å². The van der Waals surface area contributed by atoms with Crippen LogP contribution in [0.1, 0.15) is 50.1 Å². The third kappa shape index (κ3) is 4.12. The largest absolute Gasteiger partial charge is 0.448 e. The number of hydrogen-bond acceptors (Lipinski definition) is 6. The molecule has 6 nitrogen and oxygen atoms in total. The summed E-state index contributed by atoms with van der Waals surface area (Å²) in [6.07, 6.45) is 5.30. The van der Waals surface area contributed by atoms with Gasteiger partial charge in [0, 0.05) is 24.6 Å². The average molecular weight is 438 g/mol. The van der Waals surface area contributed by atoms with Crippen molar-refractivity contribution < 1.29 is 14.3 Å². The van der Waals surface area contributed by atoms with Crippen molar-refractivity contribution in [2.24, 2.45) is 0 Å². The van der Waals surface area contributed by atoms with Crippen LogP contribution in [0.15, 0.2) is 42.5 Å².